The van der Waals surface area contributed by atoms with Crippen molar-refractivity contribution in [3.05, 3.63) is 87.1 Å². The highest BCUT2D eigenvalue weighted by atomic mass is 19.2. The lowest BCUT2D eigenvalue weighted by molar-refractivity contribution is -0.363. The number of carbonyl (C=O) groups excluding carboxylic acids is 6. The van der Waals surface area contributed by atoms with Gasteiger partial charge in [0.05, 0.1) is 23.9 Å². The normalized spacial score (nSPS) is 15.3. The van der Waals surface area contributed by atoms with Crippen LogP contribution in [0.4, 0.5) is 8.63 Å². The van der Waals surface area contributed by atoms with Crippen molar-refractivity contribution in [2.75, 3.05) is 19.8 Å². The Kier molecular flexibility index (Phi) is 21.6. The van der Waals surface area contributed by atoms with Crippen molar-refractivity contribution in [1.29, 1.82) is 0 Å². The van der Waals surface area contributed by atoms with E-state index in [4.69, 9.17) is 16.2 Å². The summed E-state index contributed by atoms with van der Waals surface area (Å²) in [4.78, 5) is 84.7. The Hall–Kier alpha value is -7.04. The van der Waals surface area contributed by atoms with Crippen LogP contribution in [0.2, 0.25) is 0 Å². The fraction of sp³-hybridized carbons (Fsp3) is 0.556. The second kappa shape index (κ2) is 27.3. The molecule has 2 aliphatic rings. The number of hydrogen-bond acceptors (Lipinski definition) is 11. The highest BCUT2D eigenvalue weighted by molar-refractivity contribution is 6.58. The van der Waals surface area contributed by atoms with E-state index in [1.807, 2.05) is 46.0 Å². The Morgan fingerprint density at radius 2 is 1.51 bits per heavy atom. The van der Waals surface area contributed by atoms with Crippen LogP contribution in [0.3, 0.4) is 0 Å². The molecule has 9 N–H and O–H groups in total. The van der Waals surface area contributed by atoms with E-state index in [1.54, 1.807) is 64.4 Å². The summed E-state index contributed by atoms with van der Waals surface area (Å²) in [5, 5.41) is 29.5. The number of benzene rings is 1. The summed E-state index contributed by atoms with van der Waals surface area (Å²) in [7, 11) is 0. The van der Waals surface area contributed by atoms with Crippen molar-refractivity contribution >= 4 is 59.6 Å². The minimum Gasteiger partial charge on any atom is -0.454 e. The summed E-state index contributed by atoms with van der Waals surface area (Å²) in [6, 6.07) is 2.15. The Morgan fingerprint density at radius 3 is 2.16 bits per heavy atom. The van der Waals surface area contributed by atoms with Crippen LogP contribution in [-0.2, 0) is 41.7 Å². The first-order chi connectivity index (χ1) is 36.3. The summed E-state index contributed by atoms with van der Waals surface area (Å²) in [5.41, 5.74) is 18.1. The Morgan fingerprint density at radius 1 is 0.831 bits per heavy atom. The molecule has 20 nitrogen and oxygen atoms in total. The van der Waals surface area contributed by atoms with Gasteiger partial charge < -0.3 is 60.2 Å². The molecule has 2 aliphatic heterocycles. The molecule has 0 spiro atoms. The number of aliphatic imine (C=N–C) groups is 1. The molecule has 4 atom stereocenters. The van der Waals surface area contributed by atoms with Gasteiger partial charge in [0.25, 0.3) is 0 Å². The maximum absolute atomic E-state index is 16.0. The largest absolute Gasteiger partial charge is 0.737 e. The van der Waals surface area contributed by atoms with E-state index in [0.717, 1.165) is 22.4 Å². The number of aryl methyl sites for hydroxylation is 6. The Labute approximate surface area is 450 Å². The van der Waals surface area contributed by atoms with Gasteiger partial charge in [-0.2, -0.15) is 0 Å². The van der Waals surface area contributed by atoms with Gasteiger partial charge in [-0.1, -0.05) is 57.5 Å². The van der Waals surface area contributed by atoms with E-state index < -0.39 is 79.7 Å². The summed E-state index contributed by atoms with van der Waals surface area (Å²) in [6.45, 7) is 13.0. The number of guanidine groups is 1. The standard InChI is InChI=1S/C54H79BF2N12O8/c1-31(2)25-42(61-45(72)22-12-11-13-24-67-28-39(65-66-67)19-15-20-40-48-35(7)26-37(9)68(48)55(56,57)69-38(10)27-36(8)49(40)69)50(73)64-47(32(3)4)52(75)63-43(29-70)51(74)62-41(21-16-23-60-54(58)59)44(71)30-77-53(76)46-33(5)17-14-18-34(46)6/h14,17-18,26-28,31-32,41-43,47,70H,11-13,15-16,19-25,29-30H2,1-10H3,(H,61,72)(H,62,74)(H,63,75)(H,64,73)(H4,58,59,60)/t41-,42-,43-,47-/m0/s1. The Bertz CT molecular complexity index is 2770. The molecule has 0 bridgehead atoms. The number of unbranched alkanes of at least 4 members (excludes halogenated alkanes) is 2. The minimum atomic E-state index is -4.02. The SMILES string of the molecule is CC1=CC(C)=[N+]2C1=C(CCCc1cn(CCCCCC(=O)N[C@@H](CC(C)C)C(=O)N[C@H](C(=O)N[C@@H](CO)C(=O)N[C@@H](CCCN=C(N)N)C(=O)COC(=O)c3c(C)cccc3C)C(C)C)nn1)c1c(C)cc(C)n1[B-]2(F)F. The molecule has 4 amide bonds. The molecular weight excluding hydrogens is 993 g/mol. The average Bonchev–Trinajstić information content (AvgIpc) is 4.03. The van der Waals surface area contributed by atoms with Gasteiger partial charge in [-0.05, 0) is 126 Å². The van der Waals surface area contributed by atoms with E-state index in [0.29, 0.717) is 84.6 Å². The number of aliphatic hydroxyl groups excluding tert-OH is 1. The zero-order chi connectivity index (χ0) is 56.9. The number of Topliss-reactive ketones (excluding diaryl/α,β-unsaturated/α-hetero) is 1. The summed E-state index contributed by atoms with van der Waals surface area (Å²) >= 11 is 0. The first-order valence-corrected chi connectivity index (χ1v) is 26.6. The number of rotatable bonds is 29. The number of nitrogens with one attached hydrogen (secondary N) is 4. The summed E-state index contributed by atoms with van der Waals surface area (Å²) < 4.78 is 41.5. The van der Waals surface area contributed by atoms with Crippen LogP contribution in [0.1, 0.15) is 143 Å². The third-order valence-corrected chi connectivity index (χ3v) is 13.9. The van der Waals surface area contributed by atoms with Gasteiger partial charge >= 0.3 is 12.9 Å². The van der Waals surface area contributed by atoms with Crippen LogP contribution in [0, 0.1) is 39.5 Å². The number of carbonyl (C=O) groups is 6. The van der Waals surface area contributed by atoms with Crippen molar-refractivity contribution < 1.29 is 51.7 Å². The molecule has 2 aromatic heterocycles. The number of amides is 4. The molecule has 77 heavy (non-hydrogen) atoms. The lowest BCUT2D eigenvalue weighted by atomic mass is 9.84. The van der Waals surface area contributed by atoms with Crippen molar-refractivity contribution in [1.82, 2.24) is 40.7 Å². The molecule has 0 saturated carbocycles. The Balaban J connectivity index is 1.10. The maximum Gasteiger partial charge on any atom is 0.737 e. The van der Waals surface area contributed by atoms with Gasteiger partial charge in [0.15, 0.2) is 24.0 Å². The van der Waals surface area contributed by atoms with E-state index in [2.05, 4.69) is 36.6 Å². The molecule has 3 aromatic rings. The number of ketones is 1. The number of ether oxygens (including phenoxy) is 1. The second-order valence-corrected chi connectivity index (χ2v) is 21.1. The lowest BCUT2D eigenvalue weighted by Crippen LogP contribution is -2.60. The monoisotopic (exact) mass is 1070 g/mol. The molecule has 0 fully saturated rings. The zero-order valence-corrected chi connectivity index (χ0v) is 46.3. The zero-order valence-electron chi connectivity index (χ0n) is 46.3. The molecular formula is C54H79BF2N12O8. The van der Waals surface area contributed by atoms with E-state index in [-0.39, 0.29) is 50.0 Å². The first-order valence-electron chi connectivity index (χ1n) is 26.6. The number of nitrogens with zero attached hydrogens (tertiary/aromatic N) is 6. The topological polar surface area (TPSA) is 283 Å². The molecule has 5 rings (SSSR count). The summed E-state index contributed by atoms with van der Waals surface area (Å²) in [5.74, 6) is -4.68. The van der Waals surface area contributed by atoms with Crippen LogP contribution < -0.4 is 32.7 Å². The number of esters is 1. The van der Waals surface area contributed by atoms with Crippen molar-refractivity contribution in [2.24, 2.45) is 28.3 Å². The van der Waals surface area contributed by atoms with Crippen LogP contribution in [0.15, 0.2) is 52.8 Å². The van der Waals surface area contributed by atoms with Gasteiger partial charge in [0, 0.05) is 55.5 Å². The van der Waals surface area contributed by atoms with Crippen molar-refractivity contribution in [2.45, 2.75) is 164 Å². The molecule has 4 heterocycles. The van der Waals surface area contributed by atoms with Crippen LogP contribution >= 0.6 is 0 Å². The molecule has 1 aromatic carbocycles. The maximum atomic E-state index is 16.0. The predicted octanol–water partition coefficient (Wildman–Crippen LogP) is 4.39. The number of aromatic nitrogens is 4. The number of nitrogens with two attached hydrogens (primary N) is 2. The third kappa shape index (κ3) is 15.8. The van der Waals surface area contributed by atoms with Crippen LogP contribution in [0.5, 0.6) is 0 Å². The van der Waals surface area contributed by atoms with Gasteiger partial charge in [-0.3, -0.25) is 33.6 Å². The number of allylic oxidation sites excluding steroid dienone is 3. The molecule has 0 saturated heterocycles. The fourth-order valence-corrected chi connectivity index (χ4v) is 10.2. The molecule has 0 aliphatic carbocycles. The number of hydrogen-bond donors (Lipinski definition) is 7. The molecule has 0 unspecified atom stereocenters. The second-order valence-electron chi connectivity index (χ2n) is 21.1. The first kappa shape index (κ1) is 60.8. The number of fused-ring (bicyclic) bond motifs is 2. The molecule has 0 radical (unpaired) electrons. The van der Waals surface area contributed by atoms with E-state index >= 15 is 8.63 Å². The van der Waals surface area contributed by atoms with Gasteiger partial charge in [0.2, 0.25) is 23.6 Å². The highest BCUT2D eigenvalue weighted by Crippen LogP contribution is 2.43. The fourth-order valence-electron chi connectivity index (χ4n) is 10.2. The van der Waals surface area contributed by atoms with Crippen LogP contribution in [-0.4, -0.2) is 127 Å². The average molecular weight is 1070 g/mol. The van der Waals surface area contributed by atoms with E-state index in [1.165, 1.54) is 8.96 Å². The summed E-state index contributed by atoms with van der Waals surface area (Å²) in [6.07, 6.45) is 8.23. The molecule has 23 heteroatoms. The number of aliphatic hydroxyl groups is 1. The number of halogens is 2. The van der Waals surface area contributed by atoms with Crippen molar-refractivity contribution in [3.63, 3.8) is 0 Å². The highest BCUT2D eigenvalue weighted by Gasteiger charge is 2.54. The van der Waals surface area contributed by atoms with Crippen molar-refractivity contribution in [3.8, 4) is 0 Å². The third-order valence-electron chi connectivity index (χ3n) is 13.9. The predicted molar refractivity (Wildman–Crippen MR) is 291 cm³/mol. The van der Waals surface area contributed by atoms with Gasteiger partial charge in [-0.25, -0.2) is 4.79 Å². The minimum absolute atomic E-state index is 0.0148. The molecule has 420 valence electrons. The van der Waals surface area contributed by atoms with Crippen LogP contribution in [0.25, 0.3) is 5.57 Å². The van der Waals surface area contributed by atoms with E-state index in [9.17, 15) is 33.9 Å². The smallest absolute Gasteiger partial charge is 0.454 e. The van der Waals surface area contributed by atoms with Gasteiger partial charge in [-0.15, -0.1) is 5.10 Å². The van der Waals surface area contributed by atoms with Gasteiger partial charge in [0.1, 0.15) is 23.8 Å². The lowest BCUT2D eigenvalue weighted by Gasteiger charge is -2.34. The quantitative estimate of drug-likeness (QED) is 0.0168.